The highest BCUT2D eigenvalue weighted by atomic mass is 16.5. The Kier molecular flexibility index (Phi) is 6.42. The van der Waals surface area contributed by atoms with Gasteiger partial charge in [-0.15, -0.1) is 0 Å². The summed E-state index contributed by atoms with van der Waals surface area (Å²) in [6.07, 6.45) is 1.03. The summed E-state index contributed by atoms with van der Waals surface area (Å²) in [6, 6.07) is 17.5. The summed E-state index contributed by atoms with van der Waals surface area (Å²) < 4.78 is 5.62. The number of hydrogen-bond acceptors (Lipinski definition) is 2. The molecule has 0 aliphatic rings. The van der Waals surface area contributed by atoms with Crippen LogP contribution in [0, 0.1) is 5.92 Å². The van der Waals surface area contributed by atoms with Gasteiger partial charge in [0.15, 0.2) is 0 Å². The molecule has 3 nitrogen and oxygen atoms in total. The van der Waals surface area contributed by atoms with Crippen LogP contribution in [-0.4, -0.2) is 12.0 Å². The molecule has 2 rings (SSSR count). The number of carbonyl (C=O) groups excluding carboxylic acids is 1. The Bertz CT molecular complexity index is 633. The number of ether oxygens (including phenoxy) is 1. The molecule has 1 amide bonds. The highest BCUT2D eigenvalue weighted by molar-refractivity contribution is 5.94. The Hall–Kier alpha value is -2.29. The normalized spacial score (nSPS) is 12.2. The molecule has 0 aliphatic carbocycles. The molecule has 0 saturated heterocycles. The van der Waals surface area contributed by atoms with Crippen molar-refractivity contribution in [1.82, 2.24) is 5.32 Å². The van der Waals surface area contributed by atoms with Gasteiger partial charge in [0.05, 0.1) is 12.1 Å². The fourth-order valence-electron chi connectivity index (χ4n) is 2.63. The third-order valence-corrected chi connectivity index (χ3v) is 3.70. The van der Waals surface area contributed by atoms with Gasteiger partial charge < -0.3 is 10.1 Å². The van der Waals surface area contributed by atoms with E-state index in [2.05, 4.69) is 31.3 Å². The second-order valence-corrected chi connectivity index (χ2v) is 6.76. The first-order valence-electron chi connectivity index (χ1n) is 8.58. The standard InChI is InChI=1S/C21H27NO2/c1-15(2)14-20(17-8-6-5-7-9-17)22-21(23)18-10-12-19(13-11-18)24-16(3)4/h5-13,15-16,20H,14H2,1-4H3,(H,22,23). The molecule has 0 bridgehead atoms. The van der Waals surface area contributed by atoms with Crippen LogP contribution in [-0.2, 0) is 0 Å². The zero-order chi connectivity index (χ0) is 17.5. The van der Waals surface area contributed by atoms with Gasteiger partial charge in [0.2, 0.25) is 0 Å². The van der Waals surface area contributed by atoms with Gasteiger partial charge in [-0.1, -0.05) is 44.2 Å². The van der Waals surface area contributed by atoms with E-state index in [0.29, 0.717) is 11.5 Å². The maximum absolute atomic E-state index is 12.6. The molecule has 2 aromatic rings. The number of carbonyl (C=O) groups is 1. The molecule has 2 aromatic carbocycles. The van der Waals surface area contributed by atoms with Crippen LogP contribution >= 0.6 is 0 Å². The van der Waals surface area contributed by atoms with Crippen molar-refractivity contribution in [2.24, 2.45) is 5.92 Å². The van der Waals surface area contributed by atoms with Crippen LogP contribution in [0.5, 0.6) is 5.75 Å². The molecule has 3 heteroatoms. The first kappa shape index (κ1) is 18.1. The van der Waals surface area contributed by atoms with Crippen LogP contribution < -0.4 is 10.1 Å². The molecule has 0 fully saturated rings. The molecule has 0 saturated carbocycles. The molecule has 0 radical (unpaired) electrons. The summed E-state index contributed by atoms with van der Waals surface area (Å²) in [5, 5.41) is 3.16. The Morgan fingerprint density at radius 2 is 1.58 bits per heavy atom. The fourth-order valence-corrected chi connectivity index (χ4v) is 2.63. The van der Waals surface area contributed by atoms with E-state index in [1.165, 1.54) is 0 Å². The predicted octanol–water partition coefficient (Wildman–Crippen LogP) is 4.99. The van der Waals surface area contributed by atoms with Crippen LogP contribution in [0.15, 0.2) is 54.6 Å². The van der Waals surface area contributed by atoms with E-state index >= 15 is 0 Å². The molecule has 0 heterocycles. The van der Waals surface area contributed by atoms with Gasteiger partial charge in [-0.3, -0.25) is 4.79 Å². The lowest BCUT2D eigenvalue weighted by atomic mass is 9.96. The minimum absolute atomic E-state index is 0.0188. The second kappa shape index (κ2) is 8.53. The molecule has 0 aromatic heterocycles. The van der Waals surface area contributed by atoms with Crippen molar-refractivity contribution in [1.29, 1.82) is 0 Å². The van der Waals surface area contributed by atoms with Crippen LogP contribution in [0.25, 0.3) is 0 Å². The maximum atomic E-state index is 12.6. The quantitative estimate of drug-likeness (QED) is 0.778. The summed E-state index contributed by atoms with van der Waals surface area (Å²) in [6.45, 7) is 8.30. The van der Waals surface area contributed by atoms with E-state index in [9.17, 15) is 4.79 Å². The largest absolute Gasteiger partial charge is 0.491 e. The average molecular weight is 325 g/mol. The first-order valence-corrected chi connectivity index (χ1v) is 8.58. The highest BCUT2D eigenvalue weighted by Crippen LogP contribution is 2.22. The minimum atomic E-state index is -0.0550. The number of benzene rings is 2. The molecule has 1 unspecified atom stereocenters. The van der Waals surface area contributed by atoms with E-state index in [4.69, 9.17) is 4.74 Å². The van der Waals surface area contributed by atoms with Crippen LogP contribution in [0.2, 0.25) is 0 Å². The lowest BCUT2D eigenvalue weighted by Gasteiger charge is -2.21. The van der Waals surface area contributed by atoms with Gasteiger partial charge in [-0.25, -0.2) is 0 Å². The summed E-state index contributed by atoms with van der Waals surface area (Å²) in [5.74, 6) is 1.22. The van der Waals surface area contributed by atoms with Crippen molar-refractivity contribution in [3.63, 3.8) is 0 Å². The Morgan fingerprint density at radius 1 is 0.958 bits per heavy atom. The molecule has 24 heavy (non-hydrogen) atoms. The number of nitrogens with one attached hydrogen (secondary N) is 1. The molecule has 1 N–H and O–H groups in total. The predicted molar refractivity (Wildman–Crippen MR) is 98.3 cm³/mol. The summed E-state index contributed by atoms with van der Waals surface area (Å²) in [5.41, 5.74) is 1.79. The summed E-state index contributed by atoms with van der Waals surface area (Å²) in [7, 11) is 0. The van der Waals surface area contributed by atoms with E-state index in [1.54, 1.807) is 0 Å². The SMILES string of the molecule is CC(C)CC(NC(=O)c1ccc(OC(C)C)cc1)c1ccccc1. The van der Waals surface area contributed by atoms with Crippen LogP contribution in [0.4, 0.5) is 0 Å². The third kappa shape index (κ3) is 5.41. The van der Waals surface area contributed by atoms with Crippen molar-refractivity contribution in [2.75, 3.05) is 0 Å². The van der Waals surface area contributed by atoms with Crippen LogP contribution in [0.3, 0.4) is 0 Å². The highest BCUT2D eigenvalue weighted by Gasteiger charge is 2.17. The molecule has 128 valence electrons. The van der Waals surface area contributed by atoms with Crippen molar-refractivity contribution in [2.45, 2.75) is 46.3 Å². The number of rotatable bonds is 7. The number of amides is 1. The first-order chi connectivity index (χ1) is 11.5. The van der Waals surface area contributed by atoms with E-state index in [1.807, 2.05) is 56.3 Å². The molecule has 0 spiro atoms. The van der Waals surface area contributed by atoms with Crippen LogP contribution in [0.1, 0.15) is 56.1 Å². The van der Waals surface area contributed by atoms with Crippen molar-refractivity contribution >= 4 is 5.91 Å². The maximum Gasteiger partial charge on any atom is 0.251 e. The molecular formula is C21H27NO2. The molecule has 0 aliphatic heterocycles. The Labute approximate surface area is 145 Å². The summed E-state index contributed by atoms with van der Waals surface area (Å²) >= 11 is 0. The monoisotopic (exact) mass is 325 g/mol. The van der Waals surface area contributed by atoms with Crippen molar-refractivity contribution in [3.8, 4) is 5.75 Å². The average Bonchev–Trinajstić information content (AvgIpc) is 2.54. The van der Waals surface area contributed by atoms with Gasteiger partial charge in [0, 0.05) is 5.56 Å². The second-order valence-electron chi connectivity index (χ2n) is 6.76. The zero-order valence-electron chi connectivity index (χ0n) is 15.0. The van der Waals surface area contributed by atoms with Crippen molar-refractivity contribution < 1.29 is 9.53 Å². The lowest BCUT2D eigenvalue weighted by molar-refractivity contribution is 0.0932. The summed E-state index contributed by atoms with van der Waals surface area (Å²) in [4.78, 5) is 12.6. The van der Waals surface area contributed by atoms with E-state index in [-0.39, 0.29) is 18.1 Å². The van der Waals surface area contributed by atoms with Gasteiger partial charge in [-0.05, 0) is 56.0 Å². The Balaban J connectivity index is 2.09. The minimum Gasteiger partial charge on any atom is -0.491 e. The van der Waals surface area contributed by atoms with Gasteiger partial charge >= 0.3 is 0 Å². The Morgan fingerprint density at radius 3 is 2.12 bits per heavy atom. The topological polar surface area (TPSA) is 38.3 Å². The van der Waals surface area contributed by atoms with Gasteiger partial charge in [0.25, 0.3) is 5.91 Å². The lowest BCUT2D eigenvalue weighted by Crippen LogP contribution is -2.29. The van der Waals surface area contributed by atoms with Gasteiger partial charge in [-0.2, -0.15) is 0 Å². The third-order valence-electron chi connectivity index (χ3n) is 3.70. The van der Waals surface area contributed by atoms with Crippen molar-refractivity contribution in [3.05, 3.63) is 65.7 Å². The fraction of sp³-hybridized carbons (Fsp3) is 0.381. The number of hydrogen-bond donors (Lipinski definition) is 1. The van der Waals surface area contributed by atoms with E-state index in [0.717, 1.165) is 17.7 Å². The smallest absolute Gasteiger partial charge is 0.251 e. The van der Waals surface area contributed by atoms with Gasteiger partial charge in [0.1, 0.15) is 5.75 Å². The zero-order valence-corrected chi connectivity index (χ0v) is 15.0. The molecule has 1 atom stereocenters. The van der Waals surface area contributed by atoms with E-state index < -0.39 is 0 Å². The molecular weight excluding hydrogens is 298 g/mol.